The summed E-state index contributed by atoms with van der Waals surface area (Å²) in [6.07, 6.45) is 2.55. The molecule has 1 aromatic rings. The summed E-state index contributed by atoms with van der Waals surface area (Å²) in [5, 5.41) is 6.56. The van der Waals surface area contributed by atoms with Crippen LogP contribution >= 0.6 is 24.0 Å². The van der Waals surface area contributed by atoms with Gasteiger partial charge in [-0.2, -0.15) is 0 Å². The molecule has 0 aliphatic carbocycles. The Labute approximate surface area is 190 Å². The number of carbonyl (C=O) groups is 1. The second-order valence-electron chi connectivity index (χ2n) is 6.48. The maximum absolute atomic E-state index is 11.7. The number of methoxy groups -OCH3 is 3. The number of carbonyl (C=O) groups excluding carboxylic acids is 1. The Morgan fingerprint density at radius 2 is 1.79 bits per heavy atom. The molecule has 1 fully saturated rings. The van der Waals surface area contributed by atoms with Gasteiger partial charge in [0.1, 0.15) is 5.75 Å². The molecular formula is C20H33IN4O4. The predicted molar refractivity (Wildman–Crippen MR) is 125 cm³/mol. The third-order valence-electron chi connectivity index (χ3n) is 4.61. The molecule has 1 aliphatic rings. The van der Waals surface area contributed by atoms with E-state index in [4.69, 9.17) is 14.2 Å². The zero-order valence-corrected chi connectivity index (χ0v) is 20.1. The maximum Gasteiger partial charge on any atom is 0.222 e. The van der Waals surface area contributed by atoms with Gasteiger partial charge in [-0.3, -0.25) is 4.79 Å². The van der Waals surface area contributed by atoms with Gasteiger partial charge in [0.05, 0.1) is 27.9 Å². The Hall–Kier alpha value is -1.91. The van der Waals surface area contributed by atoms with E-state index >= 15 is 0 Å². The fourth-order valence-electron chi connectivity index (χ4n) is 3.14. The quantitative estimate of drug-likeness (QED) is 0.214. The molecule has 0 radical (unpaired) electrons. The van der Waals surface area contributed by atoms with Gasteiger partial charge in [0, 0.05) is 44.2 Å². The Bertz CT molecular complexity index is 685. The summed E-state index contributed by atoms with van der Waals surface area (Å²) in [5.74, 6) is 2.95. The van der Waals surface area contributed by atoms with E-state index in [2.05, 4.69) is 15.6 Å². The highest BCUT2D eigenvalue weighted by Gasteiger charge is 2.19. The van der Waals surface area contributed by atoms with Crippen LogP contribution in [0.5, 0.6) is 17.2 Å². The van der Waals surface area contributed by atoms with Crippen molar-refractivity contribution in [3.05, 3.63) is 17.7 Å². The number of ether oxygens (including phenoxy) is 3. The first-order valence-corrected chi connectivity index (χ1v) is 9.71. The van der Waals surface area contributed by atoms with E-state index in [1.54, 1.807) is 27.4 Å². The van der Waals surface area contributed by atoms with Crippen LogP contribution in [0.3, 0.4) is 0 Å². The van der Waals surface area contributed by atoms with Crippen LogP contribution < -0.4 is 24.8 Å². The highest BCUT2D eigenvalue weighted by Crippen LogP contribution is 2.34. The Morgan fingerprint density at radius 3 is 2.38 bits per heavy atom. The van der Waals surface area contributed by atoms with Crippen LogP contribution in [0.1, 0.15) is 31.7 Å². The van der Waals surface area contributed by atoms with Crippen molar-refractivity contribution >= 4 is 35.8 Å². The van der Waals surface area contributed by atoms with Crippen LogP contribution in [0.15, 0.2) is 17.1 Å². The van der Waals surface area contributed by atoms with Crippen LogP contribution in [0.2, 0.25) is 0 Å². The maximum atomic E-state index is 11.7. The summed E-state index contributed by atoms with van der Waals surface area (Å²) in [7, 11) is 4.82. The van der Waals surface area contributed by atoms with Crippen LogP contribution in [0.4, 0.5) is 0 Å². The molecule has 0 atom stereocenters. The molecular weight excluding hydrogens is 487 g/mol. The fourth-order valence-corrected chi connectivity index (χ4v) is 3.14. The number of hydrogen-bond donors (Lipinski definition) is 2. The van der Waals surface area contributed by atoms with E-state index in [0.29, 0.717) is 30.2 Å². The summed E-state index contributed by atoms with van der Waals surface area (Å²) >= 11 is 0. The topological polar surface area (TPSA) is 84.4 Å². The predicted octanol–water partition coefficient (Wildman–Crippen LogP) is 2.40. The van der Waals surface area contributed by atoms with Crippen molar-refractivity contribution < 1.29 is 19.0 Å². The summed E-state index contributed by atoms with van der Waals surface area (Å²) in [4.78, 5) is 18.2. The van der Waals surface area contributed by atoms with Gasteiger partial charge in [0.2, 0.25) is 5.91 Å². The minimum Gasteiger partial charge on any atom is -0.496 e. The second-order valence-corrected chi connectivity index (χ2v) is 6.48. The van der Waals surface area contributed by atoms with Crippen molar-refractivity contribution in [2.45, 2.75) is 32.7 Å². The lowest BCUT2D eigenvalue weighted by atomic mass is 10.1. The normalized spacial score (nSPS) is 13.7. The van der Waals surface area contributed by atoms with Gasteiger partial charge >= 0.3 is 0 Å². The van der Waals surface area contributed by atoms with Gasteiger partial charge in [0.25, 0.3) is 0 Å². The minimum atomic E-state index is 0. The third kappa shape index (κ3) is 7.45. The molecule has 164 valence electrons. The molecule has 1 aromatic carbocycles. The molecule has 1 aliphatic heterocycles. The first kappa shape index (κ1) is 25.1. The standard InChI is InChI=1S/C20H32N4O4.HI/c1-5-21-20(22-9-7-11-24-10-6-8-19(24)25)23-14-15-12-17(27-3)18(28-4)13-16(15)26-2;/h12-13H,5-11,14H2,1-4H3,(H2,21,22,23);1H. The molecule has 29 heavy (non-hydrogen) atoms. The van der Waals surface area contributed by atoms with E-state index in [9.17, 15) is 4.79 Å². The number of amides is 1. The first-order chi connectivity index (χ1) is 13.6. The van der Waals surface area contributed by atoms with Gasteiger partial charge in [-0.15, -0.1) is 24.0 Å². The van der Waals surface area contributed by atoms with Gasteiger partial charge in [0.15, 0.2) is 17.5 Å². The number of rotatable bonds is 10. The van der Waals surface area contributed by atoms with Gasteiger partial charge < -0.3 is 29.7 Å². The Morgan fingerprint density at radius 1 is 1.10 bits per heavy atom. The number of aliphatic imine (C=N–C) groups is 1. The molecule has 1 amide bonds. The van der Waals surface area contributed by atoms with E-state index in [0.717, 1.165) is 50.5 Å². The van der Waals surface area contributed by atoms with Crippen LogP contribution in [0.25, 0.3) is 0 Å². The van der Waals surface area contributed by atoms with Gasteiger partial charge in [-0.1, -0.05) is 0 Å². The smallest absolute Gasteiger partial charge is 0.222 e. The molecule has 2 N–H and O–H groups in total. The zero-order valence-electron chi connectivity index (χ0n) is 17.7. The molecule has 0 unspecified atom stereocenters. The third-order valence-corrected chi connectivity index (χ3v) is 4.61. The monoisotopic (exact) mass is 520 g/mol. The van der Waals surface area contributed by atoms with Crippen molar-refractivity contribution in [3.63, 3.8) is 0 Å². The van der Waals surface area contributed by atoms with Crippen LogP contribution in [-0.2, 0) is 11.3 Å². The lowest BCUT2D eigenvalue weighted by Gasteiger charge is -2.17. The molecule has 1 heterocycles. The second kappa shape index (κ2) is 13.3. The number of likely N-dealkylation sites (tertiary alicyclic amines) is 1. The lowest BCUT2D eigenvalue weighted by molar-refractivity contribution is -0.127. The number of nitrogens with zero attached hydrogens (tertiary/aromatic N) is 2. The van der Waals surface area contributed by atoms with E-state index in [1.807, 2.05) is 17.9 Å². The van der Waals surface area contributed by atoms with Gasteiger partial charge in [-0.05, 0) is 25.8 Å². The lowest BCUT2D eigenvalue weighted by Crippen LogP contribution is -2.39. The highest BCUT2D eigenvalue weighted by atomic mass is 127. The van der Waals surface area contributed by atoms with Crippen molar-refractivity contribution in [2.75, 3.05) is 47.5 Å². The van der Waals surface area contributed by atoms with Crippen LogP contribution in [0, 0.1) is 0 Å². The largest absolute Gasteiger partial charge is 0.496 e. The van der Waals surface area contributed by atoms with E-state index in [1.165, 1.54) is 0 Å². The highest BCUT2D eigenvalue weighted by molar-refractivity contribution is 14.0. The van der Waals surface area contributed by atoms with E-state index < -0.39 is 0 Å². The Kier molecular flexibility index (Phi) is 11.6. The van der Waals surface area contributed by atoms with Crippen LogP contribution in [-0.4, -0.2) is 64.3 Å². The summed E-state index contributed by atoms with van der Waals surface area (Å²) in [6, 6.07) is 3.68. The molecule has 9 heteroatoms. The Balaban J connectivity index is 0.00000420. The number of benzene rings is 1. The summed E-state index contributed by atoms with van der Waals surface area (Å²) < 4.78 is 16.2. The number of guanidine groups is 1. The molecule has 0 saturated carbocycles. The average molecular weight is 520 g/mol. The number of hydrogen-bond acceptors (Lipinski definition) is 5. The molecule has 2 rings (SSSR count). The fraction of sp³-hybridized carbons (Fsp3) is 0.600. The van der Waals surface area contributed by atoms with Crippen molar-refractivity contribution in [1.29, 1.82) is 0 Å². The summed E-state index contributed by atoms with van der Waals surface area (Å²) in [6.45, 7) is 5.64. The SMILES string of the molecule is CCNC(=NCc1cc(OC)c(OC)cc1OC)NCCCN1CCCC1=O.I. The zero-order chi connectivity index (χ0) is 20.4. The van der Waals surface area contributed by atoms with Crippen molar-refractivity contribution in [2.24, 2.45) is 4.99 Å². The molecule has 1 saturated heterocycles. The molecule has 0 bridgehead atoms. The molecule has 8 nitrogen and oxygen atoms in total. The molecule has 0 spiro atoms. The van der Waals surface area contributed by atoms with Crippen molar-refractivity contribution in [3.8, 4) is 17.2 Å². The minimum absolute atomic E-state index is 0. The summed E-state index contributed by atoms with van der Waals surface area (Å²) in [5.41, 5.74) is 0.903. The van der Waals surface area contributed by atoms with Gasteiger partial charge in [-0.25, -0.2) is 4.99 Å². The van der Waals surface area contributed by atoms with Crippen molar-refractivity contribution in [1.82, 2.24) is 15.5 Å². The first-order valence-electron chi connectivity index (χ1n) is 9.71. The number of nitrogens with one attached hydrogen (secondary N) is 2. The molecule has 0 aromatic heterocycles. The van der Waals surface area contributed by atoms with E-state index in [-0.39, 0.29) is 29.9 Å². The number of halogens is 1. The average Bonchev–Trinajstić information content (AvgIpc) is 3.13.